The summed E-state index contributed by atoms with van der Waals surface area (Å²) in [4.78, 5) is 30.5. The Hall–Kier alpha value is -2.75. The Balaban J connectivity index is 1.60. The second kappa shape index (κ2) is 5.90. The van der Waals surface area contributed by atoms with Crippen molar-refractivity contribution in [1.29, 1.82) is 0 Å². The average molecular weight is 376 g/mol. The standard InChI is InChI=1S/C16H15FN5O3S/c1-3-21-14(23)16(6-7-16)22(15(21)24)8-11-19-20-13(26-11)10-5-4-9(17)12(18-10)25-2/h3-5H,6-8H2,1-2H3/q+1/b21-3+. The van der Waals surface area contributed by atoms with Crippen molar-refractivity contribution in [3.63, 3.8) is 0 Å². The third-order valence-corrected chi connectivity index (χ3v) is 5.47. The second-order valence-electron chi connectivity index (χ2n) is 6.02. The van der Waals surface area contributed by atoms with Crippen LogP contribution >= 0.6 is 11.3 Å². The summed E-state index contributed by atoms with van der Waals surface area (Å²) in [5.74, 6) is -0.862. The van der Waals surface area contributed by atoms with Crippen molar-refractivity contribution in [1.82, 2.24) is 20.1 Å². The molecule has 4 rings (SSSR count). The first-order valence-electron chi connectivity index (χ1n) is 7.98. The van der Waals surface area contributed by atoms with Gasteiger partial charge in [0.1, 0.15) is 12.2 Å². The van der Waals surface area contributed by atoms with Crippen LogP contribution in [-0.4, -0.2) is 55.5 Å². The maximum absolute atomic E-state index is 13.5. The Bertz CT molecular complexity index is 953. The number of hydrogen-bond donors (Lipinski definition) is 0. The van der Waals surface area contributed by atoms with Crippen LogP contribution in [0.3, 0.4) is 0 Å². The summed E-state index contributed by atoms with van der Waals surface area (Å²) >= 11 is 1.24. The van der Waals surface area contributed by atoms with Gasteiger partial charge < -0.3 is 4.74 Å². The molecule has 3 amide bonds. The molecule has 1 saturated carbocycles. The van der Waals surface area contributed by atoms with Gasteiger partial charge in [-0.1, -0.05) is 11.3 Å². The van der Waals surface area contributed by atoms with Gasteiger partial charge in [0.15, 0.2) is 15.8 Å². The quantitative estimate of drug-likeness (QED) is 0.598. The number of ether oxygens (including phenoxy) is 1. The van der Waals surface area contributed by atoms with Gasteiger partial charge in [0.25, 0.3) is 5.88 Å². The number of rotatable bonds is 4. The van der Waals surface area contributed by atoms with Crippen molar-refractivity contribution < 1.29 is 23.3 Å². The molecule has 0 N–H and O–H groups in total. The lowest BCUT2D eigenvalue weighted by Crippen LogP contribution is -2.36. The lowest BCUT2D eigenvalue weighted by Gasteiger charge is -2.10. The second-order valence-corrected chi connectivity index (χ2v) is 7.08. The first-order valence-corrected chi connectivity index (χ1v) is 8.80. The molecule has 26 heavy (non-hydrogen) atoms. The smallest absolute Gasteiger partial charge is 0.479 e. The SMILES string of the molecule is C/C=[N+]1/C(=O)N(Cc2nnc(-c3ccc(F)c(OC)n3)s2)C2(CC2)C1=O. The largest absolute Gasteiger partial charge is 0.501 e. The zero-order valence-electron chi connectivity index (χ0n) is 14.1. The fraction of sp³-hybridized carbons (Fsp3) is 0.375. The zero-order valence-corrected chi connectivity index (χ0v) is 14.9. The first-order chi connectivity index (χ1) is 12.5. The van der Waals surface area contributed by atoms with E-state index in [0.29, 0.717) is 28.6 Å². The number of carbonyl (C=O) groups is 2. The Kier molecular flexibility index (Phi) is 3.79. The number of nitrogens with zero attached hydrogens (tertiary/aromatic N) is 5. The Morgan fingerprint density at radius 3 is 2.81 bits per heavy atom. The fourth-order valence-electron chi connectivity index (χ4n) is 3.03. The van der Waals surface area contributed by atoms with Gasteiger partial charge in [0.2, 0.25) is 5.54 Å². The highest BCUT2D eigenvalue weighted by Crippen LogP contribution is 2.47. The average Bonchev–Trinajstić information content (AvgIpc) is 3.27. The van der Waals surface area contributed by atoms with Crippen LogP contribution in [0.25, 0.3) is 10.7 Å². The summed E-state index contributed by atoms with van der Waals surface area (Å²) in [6, 6.07) is 2.40. The van der Waals surface area contributed by atoms with Crippen LogP contribution < -0.4 is 4.74 Å². The van der Waals surface area contributed by atoms with Crippen molar-refractivity contribution in [2.45, 2.75) is 31.8 Å². The molecule has 1 aliphatic heterocycles. The molecule has 0 radical (unpaired) electrons. The third-order valence-electron chi connectivity index (χ3n) is 4.54. The van der Waals surface area contributed by atoms with E-state index in [1.807, 2.05) is 0 Å². The number of urea groups is 1. The van der Waals surface area contributed by atoms with Crippen molar-refractivity contribution in [3.05, 3.63) is 23.0 Å². The molecule has 0 bridgehead atoms. The molecule has 8 nitrogen and oxygen atoms in total. The summed E-state index contributed by atoms with van der Waals surface area (Å²) in [7, 11) is 1.34. The van der Waals surface area contributed by atoms with Gasteiger partial charge in [0.05, 0.1) is 13.3 Å². The first kappa shape index (κ1) is 16.7. The highest BCUT2D eigenvalue weighted by Gasteiger charge is 2.71. The number of carbonyl (C=O) groups excluding carboxylic acids is 2. The van der Waals surface area contributed by atoms with E-state index in [-0.39, 0.29) is 24.4 Å². The molecule has 0 atom stereocenters. The lowest BCUT2D eigenvalue weighted by molar-refractivity contribution is -0.346. The predicted octanol–water partition coefficient (Wildman–Crippen LogP) is 1.85. The van der Waals surface area contributed by atoms with Gasteiger partial charge in [0, 0.05) is 12.8 Å². The highest BCUT2D eigenvalue weighted by atomic mass is 32.1. The summed E-state index contributed by atoms with van der Waals surface area (Å²) < 4.78 is 19.5. The van der Waals surface area contributed by atoms with Gasteiger partial charge in [-0.05, 0) is 19.1 Å². The molecular weight excluding hydrogens is 361 g/mol. The van der Waals surface area contributed by atoms with Gasteiger partial charge in [-0.2, -0.15) is 4.79 Å². The van der Waals surface area contributed by atoms with E-state index < -0.39 is 11.4 Å². The number of imide groups is 1. The molecule has 0 unspecified atom stereocenters. The molecule has 2 aromatic heterocycles. The fourth-order valence-corrected chi connectivity index (χ4v) is 3.83. The van der Waals surface area contributed by atoms with Gasteiger partial charge in [-0.15, -0.1) is 14.8 Å². The summed E-state index contributed by atoms with van der Waals surface area (Å²) in [5.41, 5.74) is -0.298. The van der Waals surface area contributed by atoms with Crippen LogP contribution in [0.1, 0.15) is 24.8 Å². The Morgan fingerprint density at radius 2 is 2.15 bits per heavy atom. The van der Waals surface area contributed by atoms with Crippen molar-refractivity contribution >= 4 is 29.5 Å². The number of aromatic nitrogens is 3. The summed E-state index contributed by atoms with van der Waals surface area (Å²) in [6.45, 7) is 1.86. The molecule has 10 heteroatoms. The van der Waals surface area contributed by atoms with Crippen molar-refractivity contribution in [3.8, 4) is 16.6 Å². The Labute approximate surface area is 151 Å². The lowest BCUT2D eigenvalue weighted by atomic mass is 10.2. The molecule has 1 saturated heterocycles. The molecule has 134 valence electrons. The zero-order chi connectivity index (χ0) is 18.5. The Morgan fingerprint density at radius 1 is 1.38 bits per heavy atom. The molecule has 2 aromatic rings. The topological polar surface area (TPSA) is 88.3 Å². The number of amides is 3. The van der Waals surface area contributed by atoms with Crippen LogP contribution in [0.2, 0.25) is 0 Å². The van der Waals surface area contributed by atoms with Crippen LogP contribution in [0.5, 0.6) is 5.88 Å². The molecule has 1 aliphatic carbocycles. The minimum atomic E-state index is -0.729. The third kappa shape index (κ3) is 2.40. The van der Waals surface area contributed by atoms with Gasteiger partial charge in [-0.25, -0.2) is 19.1 Å². The van der Waals surface area contributed by atoms with Crippen molar-refractivity contribution in [2.24, 2.45) is 0 Å². The van der Waals surface area contributed by atoms with Gasteiger partial charge in [-0.3, -0.25) is 0 Å². The van der Waals surface area contributed by atoms with Crippen LogP contribution in [0.15, 0.2) is 12.1 Å². The van der Waals surface area contributed by atoms with Crippen molar-refractivity contribution in [2.75, 3.05) is 7.11 Å². The summed E-state index contributed by atoms with van der Waals surface area (Å²) in [6.07, 6.45) is 2.81. The van der Waals surface area contributed by atoms with Crippen LogP contribution in [-0.2, 0) is 11.3 Å². The maximum Gasteiger partial charge on any atom is 0.501 e. The maximum atomic E-state index is 13.5. The highest BCUT2D eigenvalue weighted by molar-refractivity contribution is 7.14. The van der Waals surface area contributed by atoms with E-state index in [0.717, 1.165) is 4.58 Å². The van der Waals surface area contributed by atoms with E-state index in [1.54, 1.807) is 11.8 Å². The number of hydrogen-bond acceptors (Lipinski definition) is 7. The molecule has 0 aromatic carbocycles. The number of methoxy groups -OCH3 is 1. The minimum Gasteiger partial charge on any atom is -0.479 e. The number of pyridine rings is 1. The minimum absolute atomic E-state index is 0.120. The van der Waals surface area contributed by atoms with Crippen LogP contribution in [0.4, 0.5) is 9.18 Å². The number of halogens is 1. The van der Waals surface area contributed by atoms with E-state index in [2.05, 4.69) is 15.2 Å². The molecule has 1 spiro atoms. The molecular formula is C16H15FN5O3S+. The molecule has 2 aliphatic rings. The van der Waals surface area contributed by atoms with E-state index >= 15 is 0 Å². The monoisotopic (exact) mass is 376 g/mol. The van der Waals surface area contributed by atoms with Crippen LogP contribution in [0, 0.1) is 5.82 Å². The van der Waals surface area contributed by atoms with Gasteiger partial charge >= 0.3 is 11.9 Å². The predicted molar refractivity (Wildman–Crippen MR) is 89.6 cm³/mol. The normalized spacial score (nSPS) is 19.7. The summed E-state index contributed by atoms with van der Waals surface area (Å²) in [5, 5.41) is 9.23. The molecule has 3 heterocycles. The van der Waals surface area contributed by atoms with E-state index in [9.17, 15) is 14.0 Å². The van der Waals surface area contributed by atoms with E-state index in [1.165, 1.54) is 36.8 Å². The molecule has 2 fully saturated rings. The van der Waals surface area contributed by atoms with E-state index in [4.69, 9.17) is 4.74 Å².